The highest BCUT2D eigenvalue weighted by Gasteiger charge is 2.12. The van der Waals surface area contributed by atoms with Crippen molar-refractivity contribution in [2.24, 2.45) is 11.5 Å². The first-order chi connectivity index (χ1) is 8.31. The summed E-state index contributed by atoms with van der Waals surface area (Å²) in [5.74, 6) is 0. The molecule has 3 nitrogen and oxygen atoms in total. The topological polar surface area (TPSA) is 55.3 Å². The molecule has 2 rings (SSSR count). The second-order valence-electron chi connectivity index (χ2n) is 4.82. The van der Waals surface area contributed by atoms with Crippen LogP contribution in [0.1, 0.15) is 37.3 Å². The second-order valence-corrected chi connectivity index (χ2v) is 4.82. The lowest BCUT2D eigenvalue weighted by atomic mass is 10.0. The van der Waals surface area contributed by atoms with Gasteiger partial charge in [0.25, 0.3) is 0 Å². The predicted octanol–water partition coefficient (Wildman–Crippen LogP) is 2.45. The van der Waals surface area contributed by atoms with Crippen molar-refractivity contribution in [2.75, 3.05) is 24.5 Å². The van der Waals surface area contributed by atoms with Gasteiger partial charge in [-0.15, -0.1) is 12.4 Å². The van der Waals surface area contributed by atoms with Gasteiger partial charge in [-0.25, -0.2) is 0 Å². The van der Waals surface area contributed by atoms with Crippen LogP contribution in [0.3, 0.4) is 0 Å². The molecule has 0 radical (unpaired) electrons. The Balaban J connectivity index is 0.00000162. The molecule has 18 heavy (non-hydrogen) atoms. The smallest absolute Gasteiger partial charge is 0.0366 e. The van der Waals surface area contributed by atoms with E-state index in [1.807, 2.05) is 0 Å². The van der Waals surface area contributed by atoms with Crippen LogP contribution in [0.4, 0.5) is 5.69 Å². The van der Waals surface area contributed by atoms with Crippen LogP contribution in [0, 0.1) is 0 Å². The SMILES string of the molecule is Cl.NCCC[C@@H](N)c1ccc(N2CCCC2)cc1. The van der Waals surface area contributed by atoms with Crippen LogP contribution in [0.2, 0.25) is 0 Å². The van der Waals surface area contributed by atoms with Crippen LogP contribution in [-0.2, 0) is 0 Å². The van der Waals surface area contributed by atoms with E-state index in [0.717, 1.165) is 19.4 Å². The fourth-order valence-corrected chi connectivity index (χ4v) is 2.41. The lowest BCUT2D eigenvalue weighted by Crippen LogP contribution is -2.18. The van der Waals surface area contributed by atoms with Gasteiger partial charge in [-0.3, -0.25) is 0 Å². The number of halogens is 1. The van der Waals surface area contributed by atoms with Crippen molar-refractivity contribution >= 4 is 18.1 Å². The normalized spacial score (nSPS) is 16.4. The third-order valence-corrected chi connectivity index (χ3v) is 3.51. The predicted molar refractivity (Wildman–Crippen MR) is 80.4 cm³/mol. The summed E-state index contributed by atoms with van der Waals surface area (Å²) >= 11 is 0. The molecule has 0 aliphatic carbocycles. The summed E-state index contributed by atoms with van der Waals surface area (Å²) in [6.07, 6.45) is 4.60. The molecular weight excluding hydrogens is 246 g/mol. The second kappa shape index (κ2) is 7.62. The van der Waals surface area contributed by atoms with Gasteiger partial charge in [-0.1, -0.05) is 12.1 Å². The molecule has 0 bridgehead atoms. The number of hydrogen-bond donors (Lipinski definition) is 2. The first-order valence-corrected chi connectivity index (χ1v) is 6.62. The molecule has 0 aromatic heterocycles. The molecule has 1 aromatic carbocycles. The largest absolute Gasteiger partial charge is 0.372 e. The average Bonchev–Trinajstić information content (AvgIpc) is 2.90. The van der Waals surface area contributed by atoms with E-state index in [1.54, 1.807) is 0 Å². The third kappa shape index (κ3) is 3.87. The molecule has 1 aliphatic rings. The molecular formula is C14H24ClN3. The molecule has 1 aliphatic heterocycles. The standard InChI is InChI=1S/C14H23N3.ClH/c15-9-3-4-14(16)12-5-7-13(8-6-12)17-10-1-2-11-17;/h5-8,14H,1-4,9-11,15-16H2;1H/t14-;/m1./s1. The Hall–Kier alpha value is -0.770. The van der Waals surface area contributed by atoms with Crippen LogP contribution in [-0.4, -0.2) is 19.6 Å². The zero-order valence-electron chi connectivity index (χ0n) is 10.8. The van der Waals surface area contributed by atoms with Crippen LogP contribution < -0.4 is 16.4 Å². The summed E-state index contributed by atoms with van der Waals surface area (Å²) in [6, 6.07) is 8.85. The minimum atomic E-state index is 0. The van der Waals surface area contributed by atoms with Gasteiger partial charge in [0, 0.05) is 24.8 Å². The van der Waals surface area contributed by atoms with Gasteiger partial charge in [-0.2, -0.15) is 0 Å². The van der Waals surface area contributed by atoms with E-state index >= 15 is 0 Å². The number of nitrogens with zero attached hydrogens (tertiary/aromatic N) is 1. The number of nitrogens with two attached hydrogens (primary N) is 2. The van der Waals surface area contributed by atoms with E-state index in [0.29, 0.717) is 0 Å². The molecule has 4 heteroatoms. The molecule has 1 heterocycles. The summed E-state index contributed by atoms with van der Waals surface area (Å²) in [4.78, 5) is 2.44. The van der Waals surface area contributed by atoms with Crippen molar-refractivity contribution in [3.8, 4) is 0 Å². The van der Waals surface area contributed by atoms with Gasteiger partial charge in [0.15, 0.2) is 0 Å². The molecule has 1 atom stereocenters. The van der Waals surface area contributed by atoms with Gasteiger partial charge in [0.1, 0.15) is 0 Å². The van der Waals surface area contributed by atoms with E-state index in [2.05, 4.69) is 29.2 Å². The third-order valence-electron chi connectivity index (χ3n) is 3.51. The Labute approximate surface area is 116 Å². The highest BCUT2D eigenvalue weighted by atomic mass is 35.5. The van der Waals surface area contributed by atoms with Crippen LogP contribution >= 0.6 is 12.4 Å². The van der Waals surface area contributed by atoms with Crippen LogP contribution in [0.15, 0.2) is 24.3 Å². The summed E-state index contributed by atoms with van der Waals surface area (Å²) < 4.78 is 0. The van der Waals surface area contributed by atoms with Gasteiger partial charge >= 0.3 is 0 Å². The van der Waals surface area contributed by atoms with Gasteiger partial charge in [0.05, 0.1) is 0 Å². The monoisotopic (exact) mass is 269 g/mol. The van der Waals surface area contributed by atoms with Crippen molar-refractivity contribution in [1.82, 2.24) is 0 Å². The number of benzene rings is 1. The fraction of sp³-hybridized carbons (Fsp3) is 0.571. The van der Waals surface area contributed by atoms with Gasteiger partial charge in [-0.05, 0) is 49.9 Å². The fourth-order valence-electron chi connectivity index (χ4n) is 2.41. The molecule has 1 aromatic rings. The Morgan fingerprint density at radius 2 is 1.72 bits per heavy atom. The average molecular weight is 270 g/mol. The Kier molecular flexibility index (Phi) is 6.47. The van der Waals surface area contributed by atoms with Crippen molar-refractivity contribution in [3.05, 3.63) is 29.8 Å². The highest BCUT2D eigenvalue weighted by Crippen LogP contribution is 2.23. The molecule has 1 fully saturated rings. The first kappa shape index (κ1) is 15.3. The summed E-state index contributed by atoms with van der Waals surface area (Å²) in [7, 11) is 0. The van der Waals surface area contributed by atoms with Gasteiger partial charge < -0.3 is 16.4 Å². The number of hydrogen-bond acceptors (Lipinski definition) is 3. The molecule has 0 unspecified atom stereocenters. The summed E-state index contributed by atoms with van der Waals surface area (Å²) in [5.41, 5.74) is 14.2. The van der Waals surface area contributed by atoms with Crippen molar-refractivity contribution in [2.45, 2.75) is 31.7 Å². The van der Waals surface area contributed by atoms with Crippen LogP contribution in [0.25, 0.3) is 0 Å². The van der Waals surface area contributed by atoms with E-state index in [9.17, 15) is 0 Å². The molecule has 102 valence electrons. The maximum Gasteiger partial charge on any atom is 0.0366 e. The summed E-state index contributed by atoms with van der Waals surface area (Å²) in [6.45, 7) is 3.11. The molecule has 0 amide bonds. The van der Waals surface area contributed by atoms with Crippen molar-refractivity contribution in [1.29, 1.82) is 0 Å². The lowest BCUT2D eigenvalue weighted by Gasteiger charge is -2.19. The number of anilines is 1. The molecule has 0 saturated carbocycles. The van der Waals surface area contributed by atoms with Crippen LogP contribution in [0.5, 0.6) is 0 Å². The zero-order valence-corrected chi connectivity index (χ0v) is 11.7. The maximum absolute atomic E-state index is 6.12. The molecule has 0 spiro atoms. The first-order valence-electron chi connectivity index (χ1n) is 6.62. The minimum absolute atomic E-state index is 0. The van der Waals surface area contributed by atoms with Gasteiger partial charge in [0.2, 0.25) is 0 Å². The zero-order chi connectivity index (χ0) is 12.1. The molecule has 4 N–H and O–H groups in total. The van der Waals surface area contributed by atoms with E-state index in [-0.39, 0.29) is 18.4 Å². The Morgan fingerprint density at radius 1 is 1.11 bits per heavy atom. The van der Waals surface area contributed by atoms with E-state index in [1.165, 1.54) is 37.2 Å². The minimum Gasteiger partial charge on any atom is -0.372 e. The van der Waals surface area contributed by atoms with Crippen molar-refractivity contribution < 1.29 is 0 Å². The Morgan fingerprint density at radius 3 is 2.28 bits per heavy atom. The highest BCUT2D eigenvalue weighted by molar-refractivity contribution is 5.85. The quantitative estimate of drug-likeness (QED) is 0.863. The molecule has 1 saturated heterocycles. The van der Waals surface area contributed by atoms with E-state index in [4.69, 9.17) is 11.5 Å². The maximum atomic E-state index is 6.12. The Bertz CT molecular complexity index is 333. The summed E-state index contributed by atoms with van der Waals surface area (Å²) in [5, 5.41) is 0. The lowest BCUT2D eigenvalue weighted by molar-refractivity contribution is 0.618. The van der Waals surface area contributed by atoms with E-state index < -0.39 is 0 Å². The number of rotatable bonds is 5. The van der Waals surface area contributed by atoms with Crippen molar-refractivity contribution in [3.63, 3.8) is 0 Å².